The lowest BCUT2D eigenvalue weighted by Gasteiger charge is -2.17. The van der Waals surface area contributed by atoms with E-state index in [1.54, 1.807) is 0 Å². The molecule has 0 aromatic carbocycles. The van der Waals surface area contributed by atoms with Gasteiger partial charge in [0.2, 0.25) is 0 Å². The highest BCUT2D eigenvalue weighted by Crippen LogP contribution is 2.33. The number of esters is 2. The van der Waals surface area contributed by atoms with Crippen LogP contribution in [0.2, 0.25) is 5.02 Å². The van der Waals surface area contributed by atoms with Crippen LogP contribution in [0.4, 0.5) is 13.2 Å². The van der Waals surface area contributed by atoms with E-state index in [4.69, 9.17) is 21.1 Å². The van der Waals surface area contributed by atoms with Crippen molar-refractivity contribution in [2.24, 2.45) is 0 Å². The van der Waals surface area contributed by atoms with Crippen LogP contribution in [-0.2, 0) is 25.2 Å². The summed E-state index contributed by atoms with van der Waals surface area (Å²) in [5.74, 6) is -3.78. The van der Waals surface area contributed by atoms with E-state index in [2.05, 4.69) is 18.8 Å². The Bertz CT molecular complexity index is 574. The fraction of sp³-hybridized carbons (Fsp3) is 0.588. The van der Waals surface area contributed by atoms with E-state index in [0.29, 0.717) is 6.07 Å². The second kappa shape index (κ2) is 11.7. The Kier molecular flexibility index (Phi) is 10.9. The zero-order valence-corrected chi connectivity index (χ0v) is 15.9. The first-order chi connectivity index (χ1) is 12.1. The standard InChI is InChI=1S/C13H13ClF3NO4.C4H10/c1-3-21-11(19)10(12(20)22-4-2)7-5-9(13(15,16)17)18-6-8(7)14;1-3-4-2/h5-6,10H,3-4H2,1-2H3;3-4H2,1-2H3. The Hall–Kier alpha value is -1.83. The normalized spacial score (nSPS) is 10.8. The van der Waals surface area contributed by atoms with Crippen LogP contribution in [-0.4, -0.2) is 30.1 Å². The maximum absolute atomic E-state index is 12.7. The number of pyridine rings is 1. The van der Waals surface area contributed by atoms with E-state index < -0.39 is 29.7 Å². The number of hydrogen-bond donors (Lipinski definition) is 0. The average Bonchev–Trinajstić information content (AvgIpc) is 2.56. The number of unbranched alkanes of at least 4 members (excludes halogenated alkanes) is 1. The molecule has 1 heterocycles. The molecule has 0 aliphatic rings. The minimum absolute atomic E-state index is 0.0520. The van der Waals surface area contributed by atoms with Gasteiger partial charge in [0, 0.05) is 6.20 Å². The number of carbonyl (C=O) groups excluding carboxylic acids is 2. The maximum atomic E-state index is 12.7. The number of ether oxygens (including phenoxy) is 2. The molecule has 9 heteroatoms. The molecule has 0 fully saturated rings. The molecule has 1 aromatic heterocycles. The number of nitrogens with zero attached hydrogens (tertiary/aromatic N) is 1. The highest BCUT2D eigenvalue weighted by Gasteiger charge is 2.38. The van der Waals surface area contributed by atoms with Crippen molar-refractivity contribution in [2.75, 3.05) is 13.2 Å². The lowest BCUT2D eigenvalue weighted by Crippen LogP contribution is -2.27. The lowest BCUT2D eigenvalue weighted by molar-refractivity contribution is -0.157. The zero-order valence-electron chi connectivity index (χ0n) is 15.2. The third-order valence-electron chi connectivity index (χ3n) is 3.03. The summed E-state index contributed by atoms with van der Waals surface area (Å²) in [5, 5.41) is -0.265. The molecule has 5 nitrogen and oxygen atoms in total. The first kappa shape index (κ1) is 24.2. The van der Waals surface area contributed by atoms with E-state index >= 15 is 0 Å². The second-order valence-corrected chi connectivity index (χ2v) is 5.43. The quantitative estimate of drug-likeness (QED) is 0.511. The predicted octanol–water partition coefficient (Wildman–Crippen LogP) is 4.77. The van der Waals surface area contributed by atoms with E-state index in [-0.39, 0.29) is 23.8 Å². The van der Waals surface area contributed by atoms with Gasteiger partial charge in [-0.25, -0.2) is 0 Å². The van der Waals surface area contributed by atoms with Crippen LogP contribution >= 0.6 is 11.6 Å². The molecule has 1 aromatic rings. The first-order valence-electron chi connectivity index (χ1n) is 8.19. The third kappa shape index (κ3) is 7.59. The smallest absolute Gasteiger partial charge is 0.433 e. The third-order valence-corrected chi connectivity index (χ3v) is 3.35. The molecule has 0 aliphatic heterocycles. The van der Waals surface area contributed by atoms with Gasteiger partial charge in [-0.3, -0.25) is 14.6 Å². The molecule has 148 valence electrons. The van der Waals surface area contributed by atoms with Crippen molar-refractivity contribution in [3.05, 3.63) is 28.5 Å². The van der Waals surface area contributed by atoms with Gasteiger partial charge in [0.05, 0.1) is 18.2 Å². The van der Waals surface area contributed by atoms with Gasteiger partial charge in [0.1, 0.15) is 5.69 Å². The summed E-state index contributed by atoms with van der Waals surface area (Å²) in [6, 6.07) is 0.542. The average molecular weight is 398 g/mol. The second-order valence-electron chi connectivity index (χ2n) is 5.03. The van der Waals surface area contributed by atoms with Gasteiger partial charge in [0.25, 0.3) is 0 Å². The van der Waals surface area contributed by atoms with Crippen molar-refractivity contribution in [1.29, 1.82) is 0 Å². The van der Waals surface area contributed by atoms with Crippen LogP contribution < -0.4 is 0 Å². The summed E-state index contributed by atoms with van der Waals surface area (Å²) in [6.45, 7) is 7.25. The van der Waals surface area contributed by atoms with Crippen molar-refractivity contribution < 1.29 is 32.2 Å². The summed E-state index contributed by atoms with van der Waals surface area (Å²) in [7, 11) is 0. The van der Waals surface area contributed by atoms with Crippen molar-refractivity contribution >= 4 is 23.5 Å². The molecular weight excluding hydrogens is 375 g/mol. The molecule has 1 rings (SSSR count). The van der Waals surface area contributed by atoms with Crippen molar-refractivity contribution in [2.45, 2.75) is 52.6 Å². The molecular formula is C17H23ClF3NO4. The summed E-state index contributed by atoms with van der Waals surface area (Å²) >= 11 is 5.78. The highest BCUT2D eigenvalue weighted by molar-refractivity contribution is 6.32. The van der Waals surface area contributed by atoms with E-state index in [0.717, 1.165) is 6.20 Å². The Balaban J connectivity index is 0.00000141. The molecule has 0 N–H and O–H groups in total. The van der Waals surface area contributed by atoms with Crippen molar-refractivity contribution in [3.8, 4) is 0 Å². The van der Waals surface area contributed by atoms with Gasteiger partial charge in [-0.15, -0.1) is 0 Å². The summed E-state index contributed by atoms with van der Waals surface area (Å²) < 4.78 is 47.6. The number of halogens is 4. The number of hydrogen-bond acceptors (Lipinski definition) is 5. The Morgan fingerprint density at radius 1 is 1.08 bits per heavy atom. The van der Waals surface area contributed by atoms with Crippen LogP contribution in [0, 0.1) is 0 Å². The fourth-order valence-electron chi connectivity index (χ4n) is 1.63. The largest absolute Gasteiger partial charge is 0.465 e. The molecule has 0 atom stereocenters. The van der Waals surface area contributed by atoms with Crippen LogP contribution in [0.5, 0.6) is 0 Å². The SMILES string of the molecule is CCCC.CCOC(=O)C(C(=O)OCC)c1cc(C(F)(F)F)ncc1Cl. The van der Waals surface area contributed by atoms with Gasteiger partial charge < -0.3 is 9.47 Å². The van der Waals surface area contributed by atoms with Crippen molar-refractivity contribution in [1.82, 2.24) is 4.98 Å². The minimum Gasteiger partial charge on any atom is -0.465 e. The molecule has 0 saturated heterocycles. The summed E-state index contributed by atoms with van der Waals surface area (Å²) in [4.78, 5) is 26.9. The molecule has 0 spiro atoms. The van der Waals surface area contributed by atoms with E-state index in [9.17, 15) is 22.8 Å². The Morgan fingerprint density at radius 3 is 1.88 bits per heavy atom. The Labute approximate surface area is 155 Å². The minimum atomic E-state index is -4.74. The predicted molar refractivity (Wildman–Crippen MR) is 90.8 cm³/mol. The van der Waals surface area contributed by atoms with Gasteiger partial charge in [-0.2, -0.15) is 13.2 Å². The van der Waals surface area contributed by atoms with Crippen molar-refractivity contribution in [3.63, 3.8) is 0 Å². The van der Waals surface area contributed by atoms with Crippen LogP contribution in [0.15, 0.2) is 12.3 Å². The number of alkyl halides is 3. The monoisotopic (exact) mass is 397 g/mol. The lowest BCUT2D eigenvalue weighted by atomic mass is 9.99. The zero-order chi connectivity index (χ0) is 20.3. The van der Waals surface area contributed by atoms with Gasteiger partial charge in [-0.1, -0.05) is 38.3 Å². The topological polar surface area (TPSA) is 65.5 Å². The number of carbonyl (C=O) groups is 2. The van der Waals surface area contributed by atoms with E-state index in [1.165, 1.54) is 26.7 Å². The maximum Gasteiger partial charge on any atom is 0.433 e. The van der Waals surface area contributed by atoms with Crippen LogP contribution in [0.1, 0.15) is 57.7 Å². The summed E-state index contributed by atoms with van der Waals surface area (Å²) in [6.07, 6.45) is -1.38. The molecule has 0 saturated carbocycles. The van der Waals surface area contributed by atoms with Gasteiger partial charge in [0.15, 0.2) is 5.92 Å². The molecule has 26 heavy (non-hydrogen) atoms. The summed E-state index contributed by atoms with van der Waals surface area (Å²) in [5.41, 5.74) is -1.63. The van der Waals surface area contributed by atoms with Crippen LogP contribution in [0.25, 0.3) is 0 Å². The van der Waals surface area contributed by atoms with Gasteiger partial charge in [-0.05, 0) is 25.5 Å². The van der Waals surface area contributed by atoms with E-state index in [1.807, 2.05) is 0 Å². The number of rotatable bonds is 6. The van der Waals surface area contributed by atoms with Gasteiger partial charge >= 0.3 is 18.1 Å². The molecule has 0 aliphatic carbocycles. The molecule has 0 amide bonds. The first-order valence-corrected chi connectivity index (χ1v) is 8.57. The fourth-order valence-corrected chi connectivity index (χ4v) is 1.84. The molecule has 0 radical (unpaired) electrons. The number of aromatic nitrogens is 1. The van der Waals surface area contributed by atoms with Crippen LogP contribution in [0.3, 0.4) is 0 Å². The molecule has 0 bridgehead atoms. The molecule has 0 unspecified atom stereocenters. The highest BCUT2D eigenvalue weighted by atomic mass is 35.5. The Morgan fingerprint density at radius 2 is 1.54 bits per heavy atom.